The summed E-state index contributed by atoms with van der Waals surface area (Å²) in [6.45, 7) is 0.450. The van der Waals surface area contributed by atoms with Crippen LogP contribution in [0.15, 0.2) is 53.4 Å². The molecule has 0 unspecified atom stereocenters. The first-order chi connectivity index (χ1) is 9.86. The molecule has 0 atom stereocenters. The topological polar surface area (TPSA) is 89.3 Å². The summed E-state index contributed by atoms with van der Waals surface area (Å²) in [6, 6.07) is 12.7. The number of benzene rings is 2. The van der Waals surface area contributed by atoms with Crippen LogP contribution in [0.5, 0.6) is 0 Å². The highest BCUT2D eigenvalue weighted by Gasteiger charge is 2.07. The molecule has 2 rings (SSSR count). The molecule has 0 fully saturated rings. The summed E-state index contributed by atoms with van der Waals surface area (Å²) in [5, 5.41) is 13.6. The Labute approximate surface area is 122 Å². The van der Waals surface area contributed by atoms with Gasteiger partial charge < -0.3 is 5.32 Å². The zero-order chi connectivity index (χ0) is 15.5. The lowest BCUT2D eigenvalue weighted by Crippen LogP contribution is -2.02. The first kappa shape index (κ1) is 15.0. The minimum atomic E-state index is -3.24. The van der Waals surface area contributed by atoms with Gasteiger partial charge in [-0.25, -0.2) is 8.42 Å². The normalized spacial score (nSPS) is 11.1. The summed E-state index contributed by atoms with van der Waals surface area (Å²) in [5.74, 6) is 0. The minimum absolute atomic E-state index is 0.0397. The van der Waals surface area contributed by atoms with Gasteiger partial charge in [0.2, 0.25) is 0 Å². The molecule has 0 heterocycles. The second-order valence-corrected chi connectivity index (χ2v) is 6.59. The lowest BCUT2D eigenvalue weighted by molar-refractivity contribution is -0.384. The van der Waals surface area contributed by atoms with E-state index in [4.69, 9.17) is 0 Å². The first-order valence-corrected chi connectivity index (χ1v) is 8.03. The molecule has 1 N–H and O–H groups in total. The Morgan fingerprint density at radius 3 is 2.38 bits per heavy atom. The fourth-order valence-corrected chi connectivity index (χ4v) is 2.44. The summed E-state index contributed by atoms with van der Waals surface area (Å²) in [5.41, 5.74) is 1.58. The number of sulfone groups is 1. The Hall–Kier alpha value is -2.41. The van der Waals surface area contributed by atoms with Crippen LogP contribution in [-0.2, 0) is 16.4 Å². The molecule has 0 spiro atoms. The number of hydrogen-bond donors (Lipinski definition) is 1. The summed E-state index contributed by atoms with van der Waals surface area (Å²) >= 11 is 0. The molecule has 110 valence electrons. The third kappa shape index (κ3) is 4.03. The quantitative estimate of drug-likeness (QED) is 0.677. The Bertz CT molecular complexity index is 755. The fourth-order valence-electron chi connectivity index (χ4n) is 1.78. The number of nitro benzene ring substituents is 1. The van der Waals surface area contributed by atoms with Gasteiger partial charge in [0.05, 0.1) is 9.82 Å². The molecular formula is C14H14N2O4S. The number of hydrogen-bond acceptors (Lipinski definition) is 5. The molecule has 0 saturated heterocycles. The number of anilines is 1. The second kappa shape index (κ2) is 5.92. The van der Waals surface area contributed by atoms with Crippen LogP contribution in [0.1, 0.15) is 5.56 Å². The van der Waals surface area contributed by atoms with Crippen LogP contribution in [0, 0.1) is 10.1 Å². The molecule has 2 aromatic rings. The van der Waals surface area contributed by atoms with E-state index in [1.54, 1.807) is 30.3 Å². The van der Waals surface area contributed by atoms with Crippen LogP contribution in [0.3, 0.4) is 0 Å². The van der Waals surface area contributed by atoms with Crippen LogP contribution in [0.4, 0.5) is 11.4 Å². The predicted octanol–water partition coefficient (Wildman–Crippen LogP) is 2.61. The standard InChI is InChI=1S/C14H14N2O4S/c1-21(19,20)14-4-2-3-12(9-14)15-10-11-5-7-13(8-6-11)16(17)18/h2-9,15H,10H2,1H3. The highest BCUT2D eigenvalue weighted by molar-refractivity contribution is 7.90. The average molecular weight is 306 g/mol. The molecule has 6 nitrogen and oxygen atoms in total. The number of non-ortho nitro benzene ring substituents is 1. The van der Waals surface area contributed by atoms with Crippen molar-refractivity contribution in [2.45, 2.75) is 11.4 Å². The average Bonchev–Trinajstić information content (AvgIpc) is 2.45. The highest BCUT2D eigenvalue weighted by atomic mass is 32.2. The maximum Gasteiger partial charge on any atom is 0.269 e. The molecule has 2 aromatic carbocycles. The van der Waals surface area contributed by atoms with Crippen molar-refractivity contribution < 1.29 is 13.3 Å². The van der Waals surface area contributed by atoms with Crippen LogP contribution in [0.2, 0.25) is 0 Å². The maximum absolute atomic E-state index is 11.5. The molecule has 0 saturated carbocycles. The van der Waals surface area contributed by atoms with Gasteiger partial charge in [0.25, 0.3) is 5.69 Å². The fraction of sp³-hybridized carbons (Fsp3) is 0.143. The smallest absolute Gasteiger partial charge is 0.269 e. The third-order valence-electron chi connectivity index (χ3n) is 2.91. The van der Waals surface area contributed by atoms with E-state index in [0.29, 0.717) is 12.2 Å². The van der Waals surface area contributed by atoms with Crippen molar-refractivity contribution in [3.8, 4) is 0 Å². The van der Waals surface area contributed by atoms with E-state index in [1.165, 1.54) is 18.2 Å². The zero-order valence-corrected chi connectivity index (χ0v) is 12.1. The first-order valence-electron chi connectivity index (χ1n) is 6.13. The molecule has 0 aromatic heterocycles. The molecule has 7 heteroatoms. The van der Waals surface area contributed by atoms with E-state index >= 15 is 0 Å². The molecule has 0 aliphatic rings. The Balaban J connectivity index is 2.08. The molecule has 21 heavy (non-hydrogen) atoms. The van der Waals surface area contributed by atoms with Crippen molar-refractivity contribution in [1.82, 2.24) is 0 Å². The van der Waals surface area contributed by atoms with Crippen molar-refractivity contribution in [2.75, 3.05) is 11.6 Å². The number of nitro groups is 1. The largest absolute Gasteiger partial charge is 0.381 e. The molecule has 0 radical (unpaired) electrons. The van der Waals surface area contributed by atoms with Crippen LogP contribution in [-0.4, -0.2) is 19.6 Å². The zero-order valence-electron chi connectivity index (χ0n) is 11.3. The van der Waals surface area contributed by atoms with Crippen LogP contribution < -0.4 is 5.32 Å². The highest BCUT2D eigenvalue weighted by Crippen LogP contribution is 2.17. The molecule has 0 bridgehead atoms. The summed E-state index contributed by atoms with van der Waals surface area (Å²) in [6.07, 6.45) is 1.16. The number of rotatable bonds is 5. The van der Waals surface area contributed by atoms with Gasteiger partial charge in [-0.1, -0.05) is 18.2 Å². The van der Waals surface area contributed by atoms with Crippen LogP contribution in [0.25, 0.3) is 0 Å². The van der Waals surface area contributed by atoms with E-state index in [-0.39, 0.29) is 10.6 Å². The van der Waals surface area contributed by atoms with Gasteiger partial charge in [-0.15, -0.1) is 0 Å². The van der Waals surface area contributed by atoms with Crippen molar-refractivity contribution in [1.29, 1.82) is 0 Å². The van der Waals surface area contributed by atoms with Gasteiger partial charge in [-0.2, -0.15) is 0 Å². The van der Waals surface area contributed by atoms with Gasteiger partial charge in [-0.3, -0.25) is 10.1 Å². The van der Waals surface area contributed by atoms with E-state index in [0.717, 1.165) is 11.8 Å². The van der Waals surface area contributed by atoms with Crippen molar-refractivity contribution >= 4 is 21.2 Å². The predicted molar refractivity (Wildman–Crippen MR) is 80.0 cm³/mol. The summed E-state index contributed by atoms with van der Waals surface area (Å²) in [4.78, 5) is 10.4. The maximum atomic E-state index is 11.5. The van der Waals surface area contributed by atoms with E-state index in [2.05, 4.69) is 5.32 Å². The van der Waals surface area contributed by atoms with Gasteiger partial charge in [0.15, 0.2) is 9.84 Å². The summed E-state index contributed by atoms with van der Waals surface area (Å²) in [7, 11) is -3.24. The monoisotopic (exact) mass is 306 g/mol. The van der Waals surface area contributed by atoms with E-state index in [1.807, 2.05) is 0 Å². The number of nitrogens with one attached hydrogen (secondary N) is 1. The minimum Gasteiger partial charge on any atom is -0.381 e. The Morgan fingerprint density at radius 1 is 1.14 bits per heavy atom. The van der Waals surface area contributed by atoms with Crippen molar-refractivity contribution in [2.24, 2.45) is 0 Å². The van der Waals surface area contributed by atoms with Crippen molar-refractivity contribution in [3.05, 3.63) is 64.2 Å². The molecule has 0 aliphatic carbocycles. The lowest BCUT2D eigenvalue weighted by atomic mass is 10.2. The van der Waals surface area contributed by atoms with Crippen LogP contribution >= 0.6 is 0 Å². The van der Waals surface area contributed by atoms with Gasteiger partial charge >= 0.3 is 0 Å². The molecule has 0 amide bonds. The van der Waals surface area contributed by atoms with E-state index in [9.17, 15) is 18.5 Å². The van der Waals surface area contributed by atoms with E-state index < -0.39 is 14.8 Å². The van der Waals surface area contributed by atoms with Gasteiger partial charge in [-0.05, 0) is 23.8 Å². The molecule has 0 aliphatic heterocycles. The Kier molecular flexibility index (Phi) is 4.23. The second-order valence-electron chi connectivity index (χ2n) is 4.58. The third-order valence-corrected chi connectivity index (χ3v) is 4.02. The van der Waals surface area contributed by atoms with Crippen molar-refractivity contribution in [3.63, 3.8) is 0 Å². The lowest BCUT2D eigenvalue weighted by Gasteiger charge is -2.08. The summed E-state index contributed by atoms with van der Waals surface area (Å²) < 4.78 is 22.9. The number of nitrogens with zero attached hydrogens (tertiary/aromatic N) is 1. The van der Waals surface area contributed by atoms with Gasteiger partial charge in [0, 0.05) is 30.6 Å². The molecular weight excluding hydrogens is 292 g/mol. The van der Waals surface area contributed by atoms with Gasteiger partial charge in [0.1, 0.15) is 0 Å². The Morgan fingerprint density at radius 2 is 1.81 bits per heavy atom. The SMILES string of the molecule is CS(=O)(=O)c1cccc(NCc2ccc([N+](=O)[O-])cc2)c1.